The van der Waals surface area contributed by atoms with Gasteiger partial charge in [-0.1, -0.05) is 0 Å². The maximum Gasteiger partial charge on any atom is 1.00 e. The summed E-state index contributed by atoms with van der Waals surface area (Å²) in [6.45, 7) is 2.00. The molecule has 0 amide bonds. The first-order chi connectivity index (χ1) is 7.28. The molecule has 0 saturated carbocycles. The zero-order valence-electron chi connectivity index (χ0n) is 11.1. The molecule has 1 heterocycles. The molecule has 8 nitrogen and oxygen atoms in total. The molecule has 11 heteroatoms. The van der Waals surface area contributed by atoms with E-state index in [1.54, 1.807) is 0 Å². The number of carbonyl (C=O) groups excluding carboxylic acids is 3. The van der Waals surface area contributed by atoms with Crippen LogP contribution < -0.4 is 104 Å². The monoisotopic (exact) mass is 302 g/mol. The molecule has 0 aromatic rings. The molecule has 19 heavy (non-hydrogen) atoms. The summed E-state index contributed by atoms with van der Waals surface area (Å²) < 4.78 is 4.50. The molecule has 1 N–H and O–H groups in total. The Morgan fingerprint density at radius 2 is 1.21 bits per heavy atom. The molecular formula is C8H9Na3O8. The van der Waals surface area contributed by atoms with Crippen molar-refractivity contribution in [3.05, 3.63) is 0 Å². The Kier molecular flexibility index (Phi) is 21.4. The van der Waals surface area contributed by atoms with Gasteiger partial charge in [0.15, 0.2) is 0 Å². The van der Waals surface area contributed by atoms with Crippen LogP contribution in [0.3, 0.4) is 0 Å². The molecular weight excluding hydrogens is 293 g/mol. The van der Waals surface area contributed by atoms with E-state index in [0.717, 1.165) is 13.2 Å². The summed E-state index contributed by atoms with van der Waals surface area (Å²) in [7, 11) is 0. The van der Waals surface area contributed by atoms with Crippen LogP contribution in [0.15, 0.2) is 0 Å². The Bertz CT molecular complexity index is 275. The van der Waals surface area contributed by atoms with Crippen LogP contribution in [-0.2, 0) is 19.1 Å². The zero-order chi connectivity index (χ0) is 12.8. The van der Waals surface area contributed by atoms with Crippen LogP contribution in [0.2, 0.25) is 0 Å². The number of hydrogen-bond donors (Lipinski definition) is 1. The molecule has 1 aliphatic rings. The van der Waals surface area contributed by atoms with Crippen LogP contribution in [0, 0.1) is 0 Å². The predicted molar refractivity (Wildman–Crippen MR) is 40.0 cm³/mol. The van der Waals surface area contributed by atoms with Crippen molar-refractivity contribution < 1.29 is 128 Å². The molecule has 92 valence electrons. The molecule has 0 radical (unpaired) electrons. The molecule has 1 aliphatic heterocycles. The zero-order valence-corrected chi connectivity index (χ0v) is 17.1. The van der Waals surface area contributed by atoms with Gasteiger partial charge in [0.05, 0.1) is 19.2 Å². The van der Waals surface area contributed by atoms with Gasteiger partial charge in [-0.2, -0.15) is 0 Å². The molecule has 1 saturated heterocycles. The third kappa shape index (κ3) is 17.3. The Labute approximate surface area is 175 Å². The van der Waals surface area contributed by atoms with Crippen molar-refractivity contribution >= 4 is 17.9 Å². The van der Waals surface area contributed by atoms with E-state index in [9.17, 15) is 29.7 Å². The second-order valence-electron chi connectivity index (χ2n) is 3.03. The maximum atomic E-state index is 10.1. The van der Waals surface area contributed by atoms with Gasteiger partial charge in [0.2, 0.25) is 0 Å². The molecule has 0 aromatic heterocycles. The fraction of sp³-hybridized carbons (Fsp3) is 0.625. The van der Waals surface area contributed by atoms with Gasteiger partial charge >= 0.3 is 88.7 Å². The molecule has 1 rings (SSSR count). The van der Waals surface area contributed by atoms with Crippen molar-refractivity contribution in [1.82, 2.24) is 0 Å². The Morgan fingerprint density at radius 1 is 0.947 bits per heavy atom. The molecule has 0 aliphatic carbocycles. The van der Waals surface area contributed by atoms with Gasteiger partial charge < -0.3 is 39.5 Å². The number of aliphatic hydroxyl groups is 1. The van der Waals surface area contributed by atoms with Crippen molar-refractivity contribution in [3.8, 4) is 0 Å². The van der Waals surface area contributed by atoms with Gasteiger partial charge in [0.25, 0.3) is 0 Å². The minimum Gasteiger partial charge on any atom is -0.550 e. The number of aliphatic carboxylic acids is 3. The molecule has 0 spiro atoms. The van der Waals surface area contributed by atoms with Crippen molar-refractivity contribution in [2.45, 2.75) is 18.4 Å². The van der Waals surface area contributed by atoms with E-state index in [1.807, 2.05) is 0 Å². The molecule has 0 aromatic carbocycles. The summed E-state index contributed by atoms with van der Waals surface area (Å²) in [4.78, 5) is 30.0. The first kappa shape index (κ1) is 28.5. The van der Waals surface area contributed by atoms with Crippen molar-refractivity contribution in [1.29, 1.82) is 0 Å². The fourth-order valence-corrected chi connectivity index (χ4v) is 0.684. The largest absolute Gasteiger partial charge is 1.00 e. The maximum absolute atomic E-state index is 10.1. The van der Waals surface area contributed by atoms with E-state index in [-0.39, 0.29) is 88.7 Å². The van der Waals surface area contributed by atoms with Crippen molar-refractivity contribution in [3.63, 3.8) is 0 Å². The SMILES string of the molecule is C1CO1.O=C([O-])CC(O)(CC(=O)[O-])C(=O)[O-].[Na+].[Na+].[Na+]. The van der Waals surface area contributed by atoms with Crippen LogP contribution in [0.25, 0.3) is 0 Å². The average Bonchev–Trinajstić information content (AvgIpc) is 2.84. The number of carboxylic acids is 3. The molecule has 0 unspecified atom stereocenters. The Balaban J connectivity index is -0.000000164. The standard InChI is InChI=1S/C6H8O7.C2H4O.3Na/c7-3(8)1-6(13,5(11)12)2-4(9)10;1-2-3-1;;;/h13H,1-2H2,(H,7,8)(H,9,10)(H,11,12);1-2H2;;;/q;;3*+1/p-3. The van der Waals surface area contributed by atoms with Crippen LogP contribution in [0.5, 0.6) is 0 Å². The summed E-state index contributed by atoms with van der Waals surface area (Å²) in [5, 5.41) is 38.9. The number of hydrogen-bond acceptors (Lipinski definition) is 8. The van der Waals surface area contributed by atoms with Gasteiger partial charge in [0.1, 0.15) is 5.60 Å². The number of rotatable bonds is 5. The predicted octanol–water partition coefficient (Wildman–Crippen LogP) is -14.2. The van der Waals surface area contributed by atoms with E-state index in [4.69, 9.17) is 5.11 Å². The van der Waals surface area contributed by atoms with Gasteiger partial charge in [-0.3, -0.25) is 0 Å². The molecule has 0 bridgehead atoms. The number of epoxide rings is 1. The van der Waals surface area contributed by atoms with E-state index in [0.29, 0.717) is 0 Å². The van der Waals surface area contributed by atoms with Gasteiger partial charge in [0, 0.05) is 24.8 Å². The summed E-state index contributed by atoms with van der Waals surface area (Å²) in [5.41, 5.74) is -2.97. The first-order valence-electron chi connectivity index (χ1n) is 4.19. The second-order valence-corrected chi connectivity index (χ2v) is 3.03. The average molecular weight is 302 g/mol. The smallest absolute Gasteiger partial charge is 0.550 e. The van der Waals surface area contributed by atoms with E-state index in [2.05, 4.69) is 4.74 Å². The van der Waals surface area contributed by atoms with Gasteiger partial charge in [-0.05, 0) is 0 Å². The number of carboxylic acid groups (broad SMARTS) is 3. The van der Waals surface area contributed by atoms with Gasteiger partial charge in [-0.25, -0.2) is 0 Å². The summed E-state index contributed by atoms with van der Waals surface area (Å²) >= 11 is 0. The number of ether oxygens (including phenoxy) is 1. The Hall–Kier alpha value is 1.33. The summed E-state index contributed by atoms with van der Waals surface area (Å²) in [6.07, 6.45) is -2.72. The topological polar surface area (TPSA) is 153 Å². The second kappa shape index (κ2) is 14.3. The molecule has 1 fully saturated rings. The quantitative estimate of drug-likeness (QED) is 0.388. The van der Waals surface area contributed by atoms with Crippen LogP contribution >= 0.6 is 0 Å². The normalized spacial score (nSPS) is 11.2. The van der Waals surface area contributed by atoms with E-state index >= 15 is 0 Å². The minimum atomic E-state index is -2.97. The van der Waals surface area contributed by atoms with Crippen LogP contribution in [-0.4, -0.2) is 41.8 Å². The number of carbonyl (C=O) groups is 3. The van der Waals surface area contributed by atoms with E-state index < -0.39 is 36.4 Å². The third-order valence-corrected chi connectivity index (χ3v) is 1.46. The first-order valence-corrected chi connectivity index (χ1v) is 4.19. The van der Waals surface area contributed by atoms with Crippen molar-refractivity contribution in [2.24, 2.45) is 0 Å². The van der Waals surface area contributed by atoms with Crippen LogP contribution in [0.4, 0.5) is 0 Å². The van der Waals surface area contributed by atoms with E-state index in [1.165, 1.54) is 0 Å². The molecule has 0 atom stereocenters. The Morgan fingerprint density at radius 3 is 1.32 bits per heavy atom. The fourth-order valence-electron chi connectivity index (χ4n) is 0.684. The van der Waals surface area contributed by atoms with Gasteiger partial charge in [-0.15, -0.1) is 0 Å². The van der Waals surface area contributed by atoms with Crippen molar-refractivity contribution in [2.75, 3.05) is 13.2 Å². The third-order valence-electron chi connectivity index (χ3n) is 1.46. The summed E-state index contributed by atoms with van der Waals surface area (Å²) in [5.74, 6) is -5.98. The van der Waals surface area contributed by atoms with Crippen LogP contribution in [0.1, 0.15) is 12.8 Å². The summed E-state index contributed by atoms with van der Waals surface area (Å²) in [6, 6.07) is 0. The minimum absolute atomic E-state index is 0.